The molecule has 0 saturated heterocycles. The topological polar surface area (TPSA) is 48.0 Å². The molecule has 0 atom stereocenters. The van der Waals surface area contributed by atoms with E-state index in [1.54, 1.807) is 22.9 Å². The molecule has 2 aromatic rings. The van der Waals surface area contributed by atoms with E-state index in [1.807, 2.05) is 30.3 Å². The van der Waals surface area contributed by atoms with E-state index in [2.05, 4.69) is 11.8 Å². The first-order chi connectivity index (χ1) is 8.81. The summed E-state index contributed by atoms with van der Waals surface area (Å²) in [7, 11) is 0. The molecule has 0 aliphatic rings. The highest BCUT2D eigenvalue weighted by Gasteiger charge is 2.01. The second-order valence-electron chi connectivity index (χ2n) is 3.83. The third-order valence-electron chi connectivity index (χ3n) is 2.58. The molecule has 0 aliphatic carbocycles. The highest BCUT2D eigenvalue weighted by atomic mass is 16.1. The lowest BCUT2D eigenvalue weighted by Crippen LogP contribution is -2.18. The van der Waals surface area contributed by atoms with Gasteiger partial charge in [0.1, 0.15) is 0 Å². The third kappa shape index (κ3) is 2.88. The molecule has 2 N–H and O–H groups in total. The molecule has 1 aromatic carbocycles. The molecule has 0 unspecified atom stereocenters. The van der Waals surface area contributed by atoms with Crippen molar-refractivity contribution in [1.82, 2.24) is 4.57 Å². The second-order valence-corrected chi connectivity index (χ2v) is 3.83. The average Bonchev–Trinajstić information content (AvgIpc) is 2.40. The van der Waals surface area contributed by atoms with Gasteiger partial charge in [0.2, 0.25) is 0 Å². The molecule has 3 heteroatoms. The van der Waals surface area contributed by atoms with E-state index in [4.69, 9.17) is 5.73 Å². The van der Waals surface area contributed by atoms with Crippen molar-refractivity contribution in [3.8, 4) is 11.8 Å². The van der Waals surface area contributed by atoms with Gasteiger partial charge < -0.3 is 10.3 Å². The van der Waals surface area contributed by atoms with Crippen molar-refractivity contribution >= 4 is 0 Å². The van der Waals surface area contributed by atoms with Crippen LogP contribution >= 0.6 is 0 Å². The van der Waals surface area contributed by atoms with Crippen LogP contribution in [-0.4, -0.2) is 11.1 Å². The van der Waals surface area contributed by atoms with Gasteiger partial charge in [0.15, 0.2) is 0 Å². The van der Waals surface area contributed by atoms with Crippen molar-refractivity contribution in [3.05, 3.63) is 70.1 Å². The summed E-state index contributed by atoms with van der Waals surface area (Å²) in [5.41, 5.74) is 7.30. The Labute approximate surface area is 106 Å². The molecule has 0 radical (unpaired) electrons. The summed E-state index contributed by atoms with van der Waals surface area (Å²) in [6, 6.07) is 12.9. The number of nitrogens with two attached hydrogens (primary N) is 1. The Kier molecular flexibility index (Phi) is 3.95. The highest BCUT2D eigenvalue weighted by Crippen LogP contribution is 2.08. The number of hydrogen-bond acceptors (Lipinski definition) is 2. The van der Waals surface area contributed by atoms with E-state index < -0.39 is 0 Å². The fourth-order valence-corrected chi connectivity index (χ4v) is 1.70. The standard InChI is InChI=1S/C15H14N2O/c16-10-5-8-13-6-1-2-7-14(13)12-17-11-4-3-9-15(17)18/h1-4,6-7,9,11H,10,12,16H2. The molecule has 0 bridgehead atoms. The fraction of sp³-hybridized carbons (Fsp3) is 0.133. The summed E-state index contributed by atoms with van der Waals surface area (Å²) < 4.78 is 1.66. The van der Waals surface area contributed by atoms with Gasteiger partial charge in [0.05, 0.1) is 13.1 Å². The summed E-state index contributed by atoms with van der Waals surface area (Å²) in [6.07, 6.45) is 1.77. The normalized spacial score (nSPS) is 9.61. The Hall–Kier alpha value is -2.31. The number of rotatable bonds is 2. The molecular formula is C15H14N2O. The van der Waals surface area contributed by atoms with Gasteiger partial charge in [0, 0.05) is 17.8 Å². The first-order valence-electron chi connectivity index (χ1n) is 5.73. The first-order valence-corrected chi connectivity index (χ1v) is 5.73. The lowest BCUT2D eigenvalue weighted by atomic mass is 10.1. The molecule has 1 heterocycles. The molecule has 0 amide bonds. The van der Waals surface area contributed by atoms with Gasteiger partial charge in [-0.1, -0.05) is 36.1 Å². The van der Waals surface area contributed by atoms with Crippen molar-refractivity contribution < 1.29 is 0 Å². The predicted molar refractivity (Wildman–Crippen MR) is 72.2 cm³/mol. The molecule has 1 aromatic heterocycles. The zero-order valence-electron chi connectivity index (χ0n) is 9.97. The van der Waals surface area contributed by atoms with Crippen LogP contribution in [0.1, 0.15) is 11.1 Å². The summed E-state index contributed by atoms with van der Waals surface area (Å²) in [5, 5.41) is 0. The summed E-state index contributed by atoms with van der Waals surface area (Å²) in [4.78, 5) is 11.7. The smallest absolute Gasteiger partial charge is 0.250 e. The largest absolute Gasteiger partial charge is 0.320 e. The summed E-state index contributed by atoms with van der Waals surface area (Å²) >= 11 is 0. The SMILES string of the molecule is NCC#Cc1ccccc1Cn1ccccc1=O. The number of nitrogens with zero attached hydrogens (tertiary/aromatic N) is 1. The Morgan fingerprint density at radius 3 is 2.67 bits per heavy atom. The lowest BCUT2D eigenvalue weighted by Gasteiger charge is -2.07. The van der Waals surface area contributed by atoms with Gasteiger partial charge >= 0.3 is 0 Å². The second kappa shape index (κ2) is 5.85. The maximum Gasteiger partial charge on any atom is 0.250 e. The maximum absolute atomic E-state index is 11.7. The Morgan fingerprint density at radius 1 is 1.11 bits per heavy atom. The molecule has 18 heavy (non-hydrogen) atoms. The molecule has 0 aliphatic heterocycles. The van der Waals surface area contributed by atoms with Crippen LogP contribution in [0.3, 0.4) is 0 Å². The zero-order valence-corrected chi connectivity index (χ0v) is 9.97. The molecule has 3 nitrogen and oxygen atoms in total. The minimum absolute atomic E-state index is 0.0147. The van der Waals surface area contributed by atoms with E-state index in [9.17, 15) is 4.79 Å². The number of hydrogen-bond donors (Lipinski definition) is 1. The Balaban J connectivity index is 2.35. The van der Waals surface area contributed by atoms with Crippen molar-refractivity contribution in [1.29, 1.82) is 0 Å². The summed E-state index contributed by atoms with van der Waals surface area (Å²) in [6.45, 7) is 0.856. The van der Waals surface area contributed by atoms with Crippen LogP contribution in [0.2, 0.25) is 0 Å². The van der Waals surface area contributed by atoms with Crippen LogP contribution in [-0.2, 0) is 6.54 Å². The zero-order chi connectivity index (χ0) is 12.8. The van der Waals surface area contributed by atoms with Crippen LogP contribution in [0.25, 0.3) is 0 Å². The minimum atomic E-state index is -0.0147. The average molecular weight is 238 g/mol. The Bertz CT molecular complexity index is 647. The monoisotopic (exact) mass is 238 g/mol. The highest BCUT2D eigenvalue weighted by molar-refractivity contribution is 5.41. The molecule has 90 valence electrons. The van der Waals surface area contributed by atoms with Gasteiger partial charge in [-0.05, 0) is 17.7 Å². The summed E-state index contributed by atoms with van der Waals surface area (Å²) in [5.74, 6) is 5.86. The van der Waals surface area contributed by atoms with Crippen LogP contribution in [0.15, 0.2) is 53.5 Å². The van der Waals surface area contributed by atoms with Gasteiger partial charge in [-0.3, -0.25) is 4.79 Å². The third-order valence-corrected chi connectivity index (χ3v) is 2.58. The van der Waals surface area contributed by atoms with E-state index in [0.29, 0.717) is 13.1 Å². The van der Waals surface area contributed by atoms with Gasteiger partial charge in [-0.15, -0.1) is 0 Å². The quantitative estimate of drug-likeness (QED) is 0.799. The van der Waals surface area contributed by atoms with Crippen LogP contribution in [0, 0.1) is 11.8 Å². The van der Waals surface area contributed by atoms with Crippen molar-refractivity contribution in [3.63, 3.8) is 0 Å². The molecule has 2 rings (SSSR count). The van der Waals surface area contributed by atoms with Crippen molar-refractivity contribution in [2.75, 3.05) is 6.54 Å². The van der Waals surface area contributed by atoms with Crippen molar-refractivity contribution in [2.45, 2.75) is 6.54 Å². The lowest BCUT2D eigenvalue weighted by molar-refractivity contribution is 0.758. The van der Waals surface area contributed by atoms with Crippen molar-refractivity contribution in [2.24, 2.45) is 5.73 Å². The van der Waals surface area contributed by atoms with Gasteiger partial charge in [-0.2, -0.15) is 0 Å². The number of pyridine rings is 1. The van der Waals surface area contributed by atoms with Gasteiger partial charge in [-0.25, -0.2) is 0 Å². The Morgan fingerprint density at radius 2 is 1.89 bits per heavy atom. The van der Waals surface area contributed by atoms with Crippen LogP contribution < -0.4 is 11.3 Å². The number of aromatic nitrogens is 1. The van der Waals surface area contributed by atoms with E-state index in [1.165, 1.54) is 0 Å². The van der Waals surface area contributed by atoms with E-state index in [-0.39, 0.29) is 5.56 Å². The van der Waals surface area contributed by atoms with Crippen LogP contribution in [0.4, 0.5) is 0 Å². The molecule has 0 fully saturated rings. The predicted octanol–water partition coefficient (Wildman–Crippen LogP) is 1.21. The number of benzene rings is 1. The fourth-order valence-electron chi connectivity index (χ4n) is 1.70. The molecular weight excluding hydrogens is 224 g/mol. The van der Waals surface area contributed by atoms with Gasteiger partial charge in [0.25, 0.3) is 5.56 Å². The first kappa shape index (κ1) is 12.2. The van der Waals surface area contributed by atoms with Crippen LogP contribution in [0.5, 0.6) is 0 Å². The minimum Gasteiger partial charge on any atom is -0.320 e. The maximum atomic E-state index is 11.7. The molecule has 0 saturated carbocycles. The van der Waals surface area contributed by atoms with E-state index >= 15 is 0 Å². The van der Waals surface area contributed by atoms with E-state index in [0.717, 1.165) is 11.1 Å². The molecule has 0 spiro atoms.